The molecule has 1 heterocycles. The normalized spacial score (nSPS) is 33.2. The molecule has 19 heavy (non-hydrogen) atoms. The smallest absolute Gasteiger partial charge is 0.0644 e. The summed E-state index contributed by atoms with van der Waals surface area (Å²) in [7, 11) is 0. The van der Waals surface area contributed by atoms with Crippen LogP contribution in [-0.4, -0.2) is 43.8 Å². The van der Waals surface area contributed by atoms with Gasteiger partial charge in [0.25, 0.3) is 0 Å². The Kier molecular flexibility index (Phi) is 6.35. The number of hydrogen-bond donors (Lipinski definition) is 1. The van der Waals surface area contributed by atoms with Crippen molar-refractivity contribution in [3.05, 3.63) is 12.7 Å². The summed E-state index contributed by atoms with van der Waals surface area (Å²) < 4.78 is 5.61. The van der Waals surface area contributed by atoms with E-state index < -0.39 is 0 Å². The molecule has 0 bridgehead atoms. The van der Waals surface area contributed by atoms with Crippen LogP contribution in [0.1, 0.15) is 38.5 Å². The summed E-state index contributed by atoms with van der Waals surface area (Å²) in [6.07, 6.45) is 9.71. The molecule has 2 N–H and O–H groups in total. The fourth-order valence-corrected chi connectivity index (χ4v) is 3.57. The molecule has 3 nitrogen and oxygen atoms in total. The predicted octanol–water partition coefficient (Wildman–Crippen LogP) is 2.42. The van der Waals surface area contributed by atoms with Gasteiger partial charge in [0.2, 0.25) is 0 Å². The molecule has 2 aliphatic rings. The fraction of sp³-hybridized carbons (Fsp3) is 0.875. The Hall–Kier alpha value is -0.380. The van der Waals surface area contributed by atoms with Gasteiger partial charge in [-0.05, 0) is 44.1 Å². The average Bonchev–Trinajstić information content (AvgIpc) is 2.42. The number of piperidine rings is 1. The van der Waals surface area contributed by atoms with Crippen LogP contribution in [-0.2, 0) is 4.74 Å². The van der Waals surface area contributed by atoms with Gasteiger partial charge in [0.1, 0.15) is 0 Å². The van der Waals surface area contributed by atoms with Crippen LogP contribution in [0.15, 0.2) is 12.7 Å². The van der Waals surface area contributed by atoms with Crippen LogP contribution < -0.4 is 5.73 Å². The highest BCUT2D eigenvalue weighted by Gasteiger charge is 2.27. The van der Waals surface area contributed by atoms with Crippen molar-refractivity contribution >= 4 is 0 Å². The second kappa shape index (κ2) is 8.03. The van der Waals surface area contributed by atoms with Gasteiger partial charge in [-0.25, -0.2) is 0 Å². The summed E-state index contributed by atoms with van der Waals surface area (Å²) in [5.41, 5.74) is 6.27. The Morgan fingerprint density at radius 1 is 1.21 bits per heavy atom. The molecule has 0 unspecified atom stereocenters. The average molecular weight is 266 g/mol. The van der Waals surface area contributed by atoms with E-state index in [1.165, 1.54) is 58.2 Å². The van der Waals surface area contributed by atoms with Crippen LogP contribution in [0.2, 0.25) is 0 Å². The molecule has 2 fully saturated rings. The molecule has 0 spiro atoms. The van der Waals surface area contributed by atoms with E-state index in [1.807, 2.05) is 6.08 Å². The summed E-state index contributed by atoms with van der Waals surface area (Å²) in [6, 6.07) is 0.436. The molecule has 0 aromatic carbocycles. The lowest BCUT2D eigenvalue weighted by molar-refractivity contribution is 0.0633. The molecule has 0 aromatic heterocycles. The standard InChI is InChI=1S/C16H30N2O/c1-2-10-19-13-14-6-5-9-18(11-14)12-15-7-3-4-8-16(15)17/h2,14-16H,1,3-13,17H2/t14-,15-,16+/m1/s1. The Morgan fingerprint density at radius 2 is 2.05 bits per heavy atom. The van der Waals surface area contributed by atoms with Gasteiger partial charge in [-0.1, -0.05) is 18.9 Å². The molecule has 110 valence electrons. The highest BCUT2D eigenvalue weighted by molar-refractivity contribution is 4.83. The first-order valence-corrected chi connectivity index (χ1v) is 7.96. The third-order valence-corrected chi connectivity index (χ3v) is 4.65. The molecule has 3 atom stereocenters. The second-order valence-electron chi connectivity index (χ2n) is 6.30. The summed E-state index contributed by atoms with van der Waals surface area (Å²) in [6.45, 7) is 8.92. The first-order chi connectivity index (χ1) is 9.29. The number of ether oxygens (including phenoxy) is 1. The summed E-state index contributed by atoms with van der Waals surface area (Å²) in [5.74, 6) is 1.43. The molecular formula is C16H30N2O. The minimum atomic E-state index is 0.436. The fourth-order valence-electron chi connectivity index (χ4n) is 3.57. The van der Waals surface area contributed by atoms with Crippen LogP contribution in [0.25, 0.3) is 0 Å². The van der Waals surface area contributed by atoms with Crippen LogP contribution in [0, 0.1) is 11.8 Å². The van der Waals surface area contributed by atoms with Crippen molar-refractivity contribution in [3.63, 3.8) is 0 Å². The predicted molar refractivity (Wildman–Crippen MR) is 80.1 cm³/mol. The highest BCUT2D eigenvalue weighted by Crippen LogP contribution is 2.26. The maximum absolute atomic E-state index is 6.27. The minimum absolute atomic E-state index is 0.436. The van der Waals surface area contributed by atoms with Crippen molar-refractivity contribution < 1.29 is 4.74 Å². The third kappa shape index (κ3) is 4.90. The molecule has 3 heteroatoms. The van der Waals surface area contributed by atoms with E-state index in [4.69, 9.17) is 10.5 Å². The van der Waals surface area contributed by atoms with Crippen molar-refractivity contribution in [2.45, 2.75) is 44.6 Å². The Bertz CT molecular complexity index is 269. The maximum atomic E-state index is 6.27. The van der Waals surface area contributed by atoms with Gasteiger partial charge < -0.3 is 15.4 Å². The zero-order valence-electron chi connectivity index (χ0n) is 12.2. The van der Waals surface area contributed by atoms with Gasteiger partial charge in [0.15, 0.2) is 0 Å². The van der Waals surface area contributed by atoms with E-state index in [0.717, 1.165) is 12.5 Å². The molecule has 1 aliphatic heterocycles. The van der Waals surface area contributed by atoms with Gasteiger partial charge in [-0.3, -0.25) is 0 Å². The van der Waals surface area contributed by atoms with Crippen LogP contribution in [0.3, 0.4) is 0 Å². The lowest BCUT2D eigenvalue weighted by Gasteiger charge is -2.38. The van der Waals surface area contributed by atoms with E-state index in [-0.39, 0.29) is 0 Å². The summed E-state index contributed by atoms with van der Waals surface area (Å²) >= 11 is 0. The number of likely N-dealkylation sites (tertiary alicyclic amines) is 1. The van der Waals surface area contributed by atoms with Crippen molar-refractivity contribution in [2.24, 2.45) is 17.6 Å². The van der Waals surface area contributed by atoms with Crippen molar-refractivity contribution in [3.8, 4) is 0 Å². The van der Waals surface area contributed by atoms with Crippen LogP contribution in [0.5, 0.6) is 0 Å². The first kappa shape index (κ1) is 15.0. The molecule has 1 saturated carbocycles. The summed E-state index contributed by atoms with van der Waals surface area (Å²) in [5, 5.41) is 0. The zero-order chi connectivity index (χ0) is 13.5. The third-order valence-electron chi connectivity index (χ3n) is 4.65. The molecule has 1 saturated heterocycles. The van der Waals surface area contributed by atoms with E-state index in [1.54, 1.807) is 0 Å². The lowest BCUT2D eigenvalue weighted by Crippen LogP contribution is -2.45. The largest absolute Gasteiger partial charge is 0.377 e. The number of rotatable bonds is 6. The van der Waals surface area contributed by atoms with Gasteiger partial charge >= 0.3 is 0 Å². The van der Waals surface area contributed by atoms with Crippen molar-refractivity contribution in [1.82, 2.24) is 4.90 Å². The van der Waals surface area contributed by atoms with Gasteiger partial charge in [-0.2, -0.15) is 0 Å². The monoisotopic (exact) mass is 266 g/mol. The molecular weight excluding hydrogens is 236 g/mol. The van der Waals surface area contributed by atoms with Crippen molar-refractivity contribution in [2.75, 3.05) is 32.8 Å². The number of nitrogens with two attached hydrogens (primary N) is 1. The molecule has 2 rings (SSSR count). The highest BCUT2D eigenvalue weighted by atomic mass is 16.5. The Morgan fingerprint density at radius 3 is 2.84 bits per heavy atom. The first-order valence-electron chi connectivity index (χ1n) is 7.96. The van der Waals surface area contributed by atoms with Crippen molar-refractivity contribution in [1.29, 1.82) is 0 Å². The number of nitrogens with zero attached hydrogens (tertiary/aromatic N) is 1. The maximum Gasteiger partial charge on any atom is 0.0644 e. The topological polar surface area (TPSA) is 38.5 Å². The van der Waals surface area contributed by atoms with Gasteiger partial charge in [-0.15, -0.1) is 6.58 Å². The molecule has 0 amide bonds. The quantitative estimate of drug-likeness (QED) is 0.593. The zero-order valence-corrected chi connectivity index (χ0v) is 12.2. The molecule has 0 aromatic rings. The van der Waals surface area contributed by atoms with E-state index in [0.29, 0.717) is 18.6 Å². The molecule has 1 aliphatic carbocycles. The lowest BCUT2D eigenvalue weighted by atomic mass is 9.84. The van der Waals surface area contributed by atoms with E-state index in [9.17, 15) is 0 Å². The van der Waals surface area contributed by atoms with Gasteiger partial charge in [0, 0.05) is 19.1 Å². The van der Waals surface area contributed by atoms with E-state index in [2.05, 4.69) is 11.5 Å². The Labute approximate surface area is 118 Å². The minimum Gasteiger partial charge on any atom is -0.377 e. The van der Waals surface area contributed by atoms with Crippen LogP contribution >= 0.6 is 0 Å². The van der Waals surface area contributed by atoms with Gasteiger partial charge in [0.05, 0.1) is 13.2 Å². The molecule has 0 radical (unpaired) electrons. The summed E-state index contributed by atoms with van der Waals surface area (Å²) in [4.78, 5) is 2.63. The number of hydrogen-bond acceptors (Lipinski definition) is 3. The second-order valence-corrected chi connectivity index (χ2v) is 6.30. The van der Waals surface area contributed by atoms with Crippen LogP contribution in [0.4, 0.5) is 0 Å². The van der Waals surface area contributed by atoms with E-state index >= 15 is 0 Å². The SMILES string of the molecule is C=CCOC[C@@H]1CCCN(C[C@H]2CCCC[C@@H]2N)C1. The Balaban J connectivity index is 1.72.